The second-order valence-electron chi connectivity index (χ2n) is 9.57. The molecule has 0 unspecified atom stereocenters. The van der Waals surface area contributed by atoms with E-state index in [9.17, 15) is 4.79 Å². The number of carbonyl (C=O) groups excluding carboxylic acids is 1. The lowest BCUT2D eigenvalue weighted by molar-refractivity contribution is -0.120. The van der Waals surface area contributed by atoms with Crippen LogP contribution in [0.1, 0.15) is 42.4 Å². The van der Waals surface area contributed by atoms with E-state index < -0.39 is 0 Å². The third-order valence-electron chi connectivity index (χ3n) is 7.40. The van der Waals surface area contributed by atoms with E-state index in [4.69, 9.17) is 4.98 Å². The first kappa shape index (κ1) is 22.5. The Balaban J connectivity index is 1.33. The summed E-state index contributed by atoms with van der Waals surface area (Å²) in [4.78, 5) is 25.4. The Bertz CT molecular complexity index is 1100. The van der Waals surface area contributed by atoms with Crippen molar-refractivity contribution in [2.24, 2.45) is 0 Å². The number of aryl methyl sites for hydroxylation is 2. The number of thiazole rings is 1. The van der Waals surface area contributed by atoms with Crippen LogP contribution in [0.5, 0.6) is 0 Å². The zero-order valence-electron chi connectivity index (χ0n) is 19.8. The Labute approximate surface area is 201 Å². The molecule has 0 N–H and O–H groups in total. The van der Waals surface area contributed by atoms with Crippen LogP contribution in [-0.2, 0) is 11.3 Å². The fraction of sp³-hybridized carbons (Fsp3) is 0.481. The third-order valence-corrected chi connectivity index (χ3v) is 8.44. The van der Waals surface area contributed by atoms with Crippen molar-refractivity contribution < 1.29 is 4.79 Å². The molecule has 1 aromatic heterocycles. The molecule has 174 valence electrons. The van der Waals surface area contributed by atoms with E-state index in [0.717, 1.165) is 53.1 Å². The molecule has 3 aromatic rings. The molecule has 1 saturated heterocycles. The maximum atomic E-state index is 13.6. The van der Waals surface area contributed by atoms with Gasteiger partial charge in [0.2, 0.25) is 5.91 Å². The third kappa shape index (κ3) is 4.98. The lowest BCUT2D eigenvalue weighted by atomic mass is 10.1. The van der Waals surface area contributed by atoms with Gasteiger partial charge in [-0.25, -0.2) is 4.98 Å². The van der Waals surface area contributed by atoms with Crippen LogP contribution < -0.4 is 4.90 Å². The number of hydrogen-bond donors (Lipinski definition) is 0. The van der Waals surface area contributed by atoms with Gasteiger partial charge in [-0.15, -0.1) is 0 Å². The predicted molar refractivity (Wildman–Crippen MR) is 137 cm³/mol. The number of benzene rings is 2. The van der Waals surface area contributed by atoms with E-state index in [1.54, 1.807) is 11.3 Å². The van der Waals surface area contributed by atoms with Gasteiger partial charge >= 0.3 is 0 Å². The highest BCUT2D eigenvalue weighted by atomic mass is 32.1. The number of anilines is 1. The minimum absolute atomic E-state index is 0.140. The first-order chi connectivity index (χ1) is 16.1. The quantitative estimate of drug-likeness (QED) is 0.516. The Morgan fingerprint density at radius 1 is 1.03 bits per heavy atom. The van der Waals surface area contributed by atoms with Crippen LogP contribution in [0.4, 0.5) is 5.13 Å². The molecule has 0 bridgehead atoms. The van der Waals surface area contributed by atoms with Crippen molar-refractivity contribution in [3.8, 4) is 0 Å². The summed E-state index contributed by atoms with van der Waals surface area (Å²) in [7, 11) is 0. The van der Waals surface area contributed by atoms with Crippen LogP contribution in [0, 0.1) is 13.8 Å². The number of aromatic nitrogens is 1. The van der Waals surface area contributed by atoms with Crippen molar-refractivity contribution in [2.45, 2.75) is 52.1 Å². The molecule has 0 spiro atoms. The molecular formula is C27H34N4OS. The maximum absolute atomic E-state index is 13.6. The Hall–Kier alpha value is -2.28. The second-order valence-corrected chi connectivity index (χ2v) is 10.6. The molecule has 1 amide bonds. The number of carbonyl (C=O) groups is 1. The number of rotatable bonds is 6. The molecule has 2 aromatic carbocycles. The average molecular weight is 463 g/mol. The molecule has 1 aliphatic heterocycles. The van der Waals surface area contributed by atoms with Crippen molar-refractivity contribution in [3.63, 3.8) is 0 Å². The SMILES string of the molecule is Cc1ccc2sc(N(Cc3ccccc3)C(=O)CN3CCN(C4CCCC4)CC3)nc2c1C. The van der Waals surface area contributed by atoms with Crippen LogP contribution in [0.2, 0.25) is 0 Å². The molecule has 0 radical (unpaired) electrons. The average Bonchev–Trinajstić information content (AvgIpc) is 3.52. The molecule has 33 heavy (non-hydrogen) atoms. The molecule has 2 aliphatic rings. The van der Waals surface area contributed by atoms with Gasteiger partial charge in [0, 0.05) is 32.2 Å². The fourth-order valence-electron chi connectivity index (χ4n) is 5.19. The largest absolute Gasteiger partial charge is 0.298 e. The van der Waals surface area contributed by atoms with E-state index in [0.29, 0.717) is 13.1 Å². The summed E-state index contributed by atoms with van der Waals surface area (Å²) in [6, 6.07) is 15.3. The summed E-state index contributed by atoms with van der Waals surface area (Å²) in [6.45, 7) is 9.35. The summed E-state index contributed by atoms with van der Waals surface area (Å²) in [5, 5.41) is 0.803. The minimum Gasteiger partial charge on any atom is -0.298 e. The van der Waals surface area contributed by atoms with E-state index in [1.165, 1.54) is 36.8 Å². The number of hydrogen-bond acceptors (Lipinski definition) is 5. The molecule has 1 saturated carbocycles. The highest BCUT2D eigenvalue weighted by Crippen LogP contribution is 2.33. The summed E-state index contributed by atoms with van der Waals surface area (Å²) in [6.07, 6.45) is 5.44. The van der Waals surface area contributed by atoms with Crippen LogP contribution >= 0.6 is 11.3 Å². The minimum atomic E-state index is 0.140. The number of piperazine rings is 1. The standard InChI is InChI=1S/C27H34N4OS/c1-20-12-13-24-26(21(20)2)28-27(33-24)31(18-22-8-4-3-5-9-22)25(32)19-29-14-16-30(17-15-29)23-10-6-7-11-23/h3-5,8-9,12-13,23H,6-7,10-11,14-19H2,1-2H3. The summed E-state index contributed by atoms with van der Waals surface area (Å²) >= 11 is 1.62. The smallest absolute Gasteiger partial charge is 0.243 e. The van der Waals surface area contributed by atoms with E-state index in [1.807, 2.05) is 23.1 Å². The molecule has 6 heteroatoms. The zero-order valence-corrected chi connectivity index (χ0v) is 20.6. The van der Waals surface area contributed by atoms with Gasteiger partial charge in [-0.05, 0) is 49.4 Å². The fourth-order valence-corrected chi connectivity index (χ4v) is 6.23. The molecule has 2 fully saturated rings. The van der Waals surface area contributed by atoms with Crippen molar-refractivity contribution >= 4 is 32.6 Å². The molecule has 1 aliphatic carbocycles. The predicted octanol–water partition coefficient (Wildman–Crippen LogP) is 5.01. The van der Waals surface area contributed by atoms with Crippen LogP contribution in [0.3, 0.4) is 0 Å². The topological polar surface area (TPSA) is 39.7 Å². The summed E-state index contributed by atoms with van der Waals surface area (Å²) in [5.41, 5.74) is 4.58. The van der Waals surface area contributed by atoms with Crippen LogP contribution in [0.15, 0.2) is 42.5 Å². The van der Waals surface area contributed by atoms with Crippen LogP contribution in [0.25, 0.3) is 10.2 Å². The van der Waals surface area contributed by atoms with E-state index in [-0.39, 0.29) is 5.91 Å². The van der Waals surface area contributed by atoms with E-state index in [2.05, 4.69) is 47.9 Å². The highest BCUT2D eigenvalue weighted by Gasteiger charge is 2.28. The van der Waals surface area contributed by atoms with Gasteiger partial charge < -0.3 is 0 Å². The molecular weight excluding hydrogens is 428 g/mol. The maximum Gasteiger partial charge on any atom is 0.243 e. The van der Waals surface area contributed by atoms with Gasteiger partial charge in [0.05, 0.1) is 23.3 Å². The van der Waals surface area contributed by atoms with Crippen molar-refractivity contribution in [1.29, 1.82) is 0 Å². The Morgan fingerprint density at radius 3 is 2.48 bits per heavy atom. The monoisotopic (exact) mass is 462 g/mol. The lowest BCUT2D eigenvalue weighted by Gasteiger charge is -2.38. The summed E-state index contributed by atoms with van der Waals surface area (Å²) < 4.78 is 1.14. The molecule has 5 nitrogen and oxygen atoms in total. The molecule has 0 atom stereocenters. The van der Waals surface area contributed by atoms with Gasteiger partial charge in [-0.2, -0.15) is 0 Å². The first-order valence-electron chi connectivity index (χ1n) is 12.3. The van der Waals surface area contributed by atoms with Gasteiger partial charge in [0.15, 0.2) is 5.13 Å². The van der Waals surface area contributed by atoms with Crippen molar-refractivity contribution in [3.05, 3.63) is 59.2 Å². The first-order valence-corrected chi connectivity index (χ1v) is 13.1. The highest BCUT2D eigenvalue weighted by molar-refractivity contribution is 7.22. The molecule has 5 rings (SSSR count). The number of nitrogens with zero attached hydrogens (tertiary/aromatic N) is 4. The van der Waals surface area contributed by atoms with Crippen LogP contribution in [-0.4, -0.2) is 59.5 Å². The Kier molecular flexibility index (Phi) is 6.76. The van der Waals surface area contributed by atoms with E-state index >= 15 is 0 Å². The lowest BCUT2D eigenvalue weighted by Crippen LogP contribution is -2.52. The summed E-state index contributed by atoms with van der Waals surface area (Å²) in [5.74, 6) is 0.140. The molecule has 2 heterocycles. The van der Waals surface area contributed by atoms with Gasteiger partial charge in [0.1, 0.15) is 0 Å². The number of fused-ring (bicyclic) bond motifs is 1. The van der Waals surface area contributed by atoms with Gasteiger partial charge in [-0.1, -0.05) is 60.6 Å². The normalized spacial score (nSPS) is 18.2. The second kappa shape index (κ2) is 9.92. The van der Waals surface area contributed by atoms with Gasteiger partial charge in [-0.3, -0.25) is 19.5 Å². The van der Waals surface area contributed by atoms with Crippen molar-refractivity contribution in [2.75, 3.05) is 37.6 Å². The number of amides is 1. The van der Waals surface area contributed by atoms with Crippen molar-refractivity contribution in [1.82, 2.24) is 14.8 Å². The van der Waals surface area contributed by atoms with Gasteiger partial charge in [0.25, 0.3) is 0 Å². The zero-order chi connectivity index (χ0) is 22.8. The Morgan fingerprint density at radius 2 is 1.76 bits per heavy atom.